The number of hydrogen-bond acceptors (Lipinski definition) is 2. The van der Waals surface area contributed by atoms with Gasteiger partial charge in [-0.3, -0.25) is 20.4 Å². The van der Waals surface area contributed by atoms with Gasteiger partial charge < -0.3 is 0 Å². The summed E-state index contributed by atoms with van der Waals surface area (Å²) in [6.07, 6.45) is 8.47. The lowest BCUT2D eigenvalue weighted by atomic mass is 9.49. The van der Waals surface area contributed by atoms with Crippen LogP contribution in [0.3, 0.4) is 0 Å². The number of carbonyl (C=O) groups is 2. The Morgan fingerprint density at radius 1 is 1.00 bits per heavy atom. The van der Waals surface area contributed by atoms with Crippen molar-refractivity contribution in [2.24, 2.45) is 23.2 Å². The highest BCUT2D eigenvalue weighted by Crippen LogP contribution is 2.61. The predicted molar refractivity (Wildman–Crippen MR) is 67.2 cm³/mol. The van der Waals surface area contributed by atoms with Gasteiger partial charge in [-0.2, -0.15) is 0 Å². The van der Waals surface area contributed by atoms with E-state index in [0.29, 0.717) is 6.42 Å². The van der Waals surface area contributed by atoms with Crippen LogP contribution >= 0.6 is 0 Å². The number of hydrogen-bond donors (Lipinski definition) is 2. The Hall–Kier alpha value is -1.06. The van der Waals surface area contributed by atoms with Crippen LogP contribution in [-0.2, 0) is 9.59 Å². The Morgan fingerprint density at radius 2 is 1.50 bits per heavy atom. The van der Waals surface area contributed by atoms with E-state index in [-0.39, 0.29) is 17.2 Å². The van der Waals surface area contributed by atoms with Gasteiger partial charge in [0.1, 0.15) is 0 Å². The van der Waals surface area contributed by atoms with Crippen molar-refractivity contribution in [3.63, 3.8) is 0 Å². The Labute approximate surface area is 108 Å². The third kappa shape index (κ3) is 2.25. The van der Waals surface area contributed by atoms with E-state index in [9.17, 15) is 9.59 Å². The van der Waals surface area contributed by atoms with Gasteiger partial charge in [0.05, 0.1) is 0 Å². The molecule has 4 bridgehead atoms. The van der Waals surface area contributed by atoms with Crippen molar-refractivity contribution in [3.05, 3.63) is 0 Å². The maximum atomic E-state index is 11.9. The summed E-state index contributed by atoms with van der Waals surface area (Å²) in [5.74, 6) is 2.36. The SMILES string of the molecule is CC(=O)NNC(=O)CC12CC3CC(CC(C3)C1)C2. The molecular weight excluding hydrogens is 228 g/mol. The third-order valence-corrected chi connectivity index (χ3v) is 5.08. The fourth-order valence-corrected chi connectivity index (χ4v) is 5.05. The molecule has 0 aromatic heterocycles. The molecule has 4 aliphatic carbocycles. The molecule has 2 N–H and O–H groups in total. The summed E-state index contributed by atoms with van der Waals surface area (Å²) in [6, 6.07) is 0. The number of rotatable bonds is 2. The van der Waals surface area contributed by atoms with E-state index in [2.05, 4.69) is 10.9 Å². The second kappa shape index (κ2) is 4.25. The van der Waals surface area contributed by atoms with Crippen LogP contribution in [0.2, 0.25) is 0 Å². The molecule has 0 aliphatic heterocycles. The van der Waals surface area contributed by atoms with E-state index in [1.165, 1.54) is 45.4 Å². The molecule has 0 unspecified atom stereocenters. The van der Waals surface area contributed by atoms with Crippen LogP contribution in [0.15, 0.2) is 0 Å². The Bertz CT molecular complexity index is 343. The Morgan fingerprint density at radius 3 is 1.94 bits per heavy atom. The average Bonchev–Trinajstić information content (AvgIpc) is 2.23. The molecule has 0 radical (unpaired) electrons. The summed E-state index contributed by atoms with van der Waals surface area (Å²) in [6.45, 7) is 1.41. The number of carbonyl (C=O) groups excluding carboxylic acids is 2. The largest absolute Gasteiger partial charge is 0.274 e. The zero-order valence-electron chi connectivity index (χ0n) is 11.0. The molecule has 4 rings (SSSR count). The van der Waals surface area contributed by atoms with Gasteiger partial charge in [0, 0.05) is 13.3 Å². The van der Waals surface area contributed by atoms with Crippen LogP contribution in [0.4, 0.5) is 0 Å². The molecule has 4 fully saturated rings. The van der Waals surface area contributed by atoms with Crippen LogP contribution in [-0.4, -0.2) is 11.8 Å². The van der Waals surface area contributed by atoms with Crippen molar-refractivity contribution in [2.45, 2.75) is 51.9 Å². The fourth-order valence-electron chi connectivity index (χ4n) is 5.05. The van der Waals surface area contributed by atoms with Gasteiger partial charge in [-0.05, 0) is 61.7 Å². The van der Waals surface area contributed by atoms with E-state index < -0.39 is 0 Å². The summed E-state index contributed by atoms with van der Waals surface area (Å²) in [7, 11) is 0. The quantitative estimate of drug-likeness (QED) is 0.734. The first-order chi connectivity index (χ1) is 8.55. The molecule has 4 aliphatic rings. The van der Waals surface area contributed by atoms with Crippen molar-refractivity contribution >= 4 is 11.8 Å². The van der Waals surface area contributed by atoms with Crippen molar-refractivity contribution in [1.82, 2.24) is 10.9 Å². The highest BCUT2D eigenvalue weighted by molar-refractivity contribution is 5.81. The highest BCUT2D eigenvalue weighted by Gasteiger charge is 2.51. The molecule has 4 nitrogen and oxygen atoms in total. The molecule has 0 aromatic carbocycles. The summed E-state index contributed by atoms with van der Waals surface area (Å²) in [4.78, 5) is 22.7. The van der Waals surface area contributed by atoms with Crippen LogP contribution in [0, 0.1) is 23.2 Å². The average molecular weight is 250 g/mol. The maximum absolute atomic E-state index is 11.9. The standard InChI is InChI=1S/C14H22N2O2/c1-9(17)15-16-13(18)8-14-5-10-2-11(6-14)4-12(3-10)7-14/h10-12H,2-8H2,1H3,(H,15,17)(H,16,18). The summed E-state index contributed by atoms with van der Waals surface area (Å²) in [5, 5.41) is 0. The van der Waals surface area contributed by atoms with Crippen molar-refractivity contribution in [3.8, 4) is 0 Å². The van der Waals surface area contributed by atoms with Gasteiger partial charge in [0.15, 0.2) is 0 Å². The van der Waals surface area contributed by atoms with Crippen molar-refractivity contribution in [2.75, 3.05) is 0 Å². The number of nitrogens with one attached hydrogen (secondary N) is 2. The normalized spacial score (nSPS) is 40.6. The summed E-state index contributed by atoms with van der Waals surface area (Å²) < 4.78 is 0. The molecule has 18 heavy (non-hydrogen) atoms. The minimum absolute atomic E-state index is 0.0212. The lowest BCUT2D eigenvalue weighted by Gasteiger charge is -2.56. The van der Waals surface area contributed by atoms with Crippen LogP contribution < -0.4 is 10.9 Å². The summed E-state index contributed by atoms with van der Waals surface area (Å²) in [5.41, 5.74) is 5.16. The van der Waals surface area contributed by atoms with Crippen LogP contribution in [0.5, 0.6) is 0 Å². The van der Waals surface area contributed by atoms with Gasteiger partial charge in [0.25, 0.3) is 0 Å². The molecule has 4 saturated carbocycles. The topological polar surface area (TPSA) is 58.2 Å². The molecular formula is C14H22N2O2. The van der Waals surface area contributed by atoms with Gasteiger partial charge in [-0.25, -0.2) is 0 Å². The van der Waals surface area contributed by atoms with Crippen LogP contribution in [0.25, 0.3) is 0 Å². The van der Waals surface area contributed by atoms with Crippen LogP contribution in [0.1, 0.15) is 51.9 Å². The second-order valence-electron chi connectivity index (χ2n) is 6.82. The Kier molecular flexibility index (Phi) is 2.83. The van der Waals surface area contributed by atoms with E-state index in [1.54, 1.807) is 0 Å². The predicted octanol–water partition coefficient (Wildman–Crippen LogP) is 1.76. The van der Waals surface area contributed by atoms with Crippen molar-refractivity contribution in [1.29, 1.82) is 0 Å². The molecule has 4 heteroatoms. The second-order valence-corrected chi connectivity index (χ2v) is 6.82. The molecule has 0 heterocycles. The van der Waals surface area contributed by atoms with Gasteiger partial charge >= 0.3 is 0 Å². The zero-order chi connectivity index (χ0) is 12.8. The van der Waals surface area contributed by atoms with E-state index >= 15 is 0 Å². The molecule has 0 atom stereocenters. The highest BCUT2D eigenvalue weighted by atomic mass is 16.2. The smallest absolute Gasteiger partial charge is 0.238 e. The molecule has 2 amide bonds. The fraction of sp³-hybridized carbons (Fsp3) is 0.857. The lowest BCUT2D eigenvalue weighted by Crippen LogP contribution is -2.49. The van der Waals surface area contributed by atoms with Gasteiger partial charge in [-0.15, -0.1) is 0 Å². The van der Waals surface area contributed by atoms with Gasteiger partial charge in [-0.1, -0.05) is 0 Å². The lowest BCUT2D eigenvalue weighted by molar-refractivity contribution is -0.133. The number of hydrazine groups is 1. The molecule has 0 saturated heterocycles. The maximum Gasteiger partial charge on any atom is 0.238 e. The van der Waals surface area contributed by atoms with E-state index in [1.807, 2.05) is 0 Å². The molecule has 0 spiro atoms. The van der Waals surface area contributed by atoms with Crippen molar-refractivity contribution < 1.29 is 9.59 Å². The molecule has 100 valence electrons. The minimum Gasteiger partial charge on any atom is -0.274 e. The van der Waals surface area contributed by atoms with Gasteiger partial charge in [0.2, 0.25) is 11.8 Å². The first kappa shape index (κ1) is 12.0. The minimum atomic E-state index is -0.214. The third-order valence-electron chi connectivity index (χ3n) is 5.08. The van der Waals surface area contributed by atoms with E-state index in [4.69, 9.17) is 0 Å². The molecule has 0 aromatic rings. The zero-order valence-corrected chi connectivity index (χ0v) is 11.0. The van der Waals surface area contributed by atoms with E-state index in [0.717, 1.165) is 17.8 Å². The summed E-state index contributed by atoms with van der Waals surface area (Å²) >= 11 is 0. The first-order valence-corrected chi connectivity index (χ1v) is 7.10. The Balaban J connectivity index is 1.61. The monoisotopic (exact) mass is 250 g/mol. The first-order valence-electron chi connectivity index (χ1n) is 7.10. The number of amides is 2.